The second-order valence-electron chi connectivity index (χ2n) is 7.22. The minimum atomic E-state index is -0.0409. The van der Waals surface area contributed by atoms with Gasteiger partial charge >= 0.3 is 0 Å². The third-order valence-corrected chi connectivity index (χ3v) is 6.09. The van der Waals surface area contributed by atoms with E-state index in [-0.39, 0.29) is 10.8 Å². The predicted molar refractivity (Wildman–Crippen MR) is 99.4 cm³/mol. The molecule has 0 spiro atoms. The maximum atomic E-state index is 10.9. The Morgan fingerprint density at radius 1 is 0.708 bits per heavy atom. The van der Waals surface area contributed by atoms with Crippen molar-refractivity contribution in [2.45, 2.75) is 53.4 Å². The molecule has 24 heavy (non-hydrogen) atoms. The van der Waals surface area contributed by atoms with Crippen LogP contribution in [0.25, 0.3) is 0 Å². The number of hydrogen-bond donors (Lipinski definition) is 0. The molecule has 1 fully saturated rings. The summed E-state index contributed by atoms with van der Waals surface area (Å²) in [4.78, 5) is 26.7. The average molecular weight is 335 g/mol. The molecule has 0 amide bonds. The molecule has 0 aromatic rings. The van der Waals surface area contributed by atoms with Gasteiger partial charge in [-0.1, -0.05) is 27.7 Å². The summed E-state index contributed by atoms with van der Waals surface area (Å²) in [5.74, 6) is 4.03. The SMILES string of the molecule is CCC(C=C=O)(CC)CN1CCN(CC(C=C=O)(CC)CC)CC1. The quantitative estimate of drug-likeness (QED) is 0.576. The lowest BCUT2D eigenvalue weighted by Crippen LogP contribution is -2.51. The van der Waals surface area contributed by atoms with Gasteiger partial charge in [-0.05, 0) is 25.7 Å². The number of nitrogens with zero attached hydrogens (tertiary/aromatic N) is 2. The summed E-state index contributed by atoms with van der Waals surface area (Å²) in [7, 11) is 0. The molecule has 0 N–H and O–H groups in total. The van der Waals surface area contributed by atoms with Crippen LogP contribution in [0.2, 0.25) is 0 Å². The van der Waals surface area contributed by atoms with E-state index in [2.05, 4.69) is 37.5 Å². The maximum absolute atomic E-state index is 10.9. The van der Waals surface area contributed by atoms with Gasteiger partial charge in [0, 0.05) is 62.3 Å². The molecule has 1 saturated heterocycles. The van der Waals surface area contributed by atoms with Crippen molar-refractivity contribution in [3.63, 3.8) is 0 Å². The smallest absolute Gasteiger partial charge is 0.120 e. The van der Waals surface area contributed by atoms with Gasteiger partial charge in [0.1, 0.15) is 11.9 Å². The van der Waals surface area contributed by atoms with E-state index in [0.717, 1.165) is 65.0 Å². The highest BCUT2D eigenvalue weighted by Crippen LogP contribution is 2.31. The standard InChI is InChI=1S/C20H34N2O2/c1-5-19(6-2,9-15-23)17-21-11-13-22(14-12-21)18-20(7-3,8-4)10-16-24/h9-10H,5-8,11-14,17-18H2,1-4H3. The van der Waals surface area contributed by atoms with Crippen molar-refractivity contribution < 1.29 is 9.59 Å². The molecule has 1 aliphatic rings. The van der Waals surface area contributed by atoms with Gasteiger partial charge in [-0.15, -0.1) is 0 Å². The molecule has 0 saturated carbocycles. The lowest BCUT2D eigenvalue weighted by molar-refractivity contribution is 0.0751. The average Bonchev–Trinajstić information content (AvgIpc) is 2.62. The Bertz CT molecular complexity index is 416. The third-order valence-electron chi connectivity index (χ3n) is 6.09. The molecule has 4 heteroatoms. The highest BCUT2D eigenvalue weighted by atomic mass is 16.1. The molecule has 0 radical (unpaired) electrons. The van der Waals surface area contributed by atoms with Gasteiger partial charge in [0.25, 0.3) is 0 Å². The normalized spacial score (nSPS) is 17.2. The van der Waals surface area contributed by atoms with Crippen LogP contribution in [0.3, 0.4) is 0 Å². The van der Waals surface area contributed by atoms with E-state index in [1.807, 2.05) is 11.9 Å². The van der Waals surface area contributed by atoms with Crippen LogP contribution in [0, 0.1) is 10.8 Å². The van der Waals surface area contributed by atoms with Gasteiger partial charge in [0.05, 0.1) is 0 Å². The van der Waals surface area contributed by atoms with Gasteiger partial charge < -0.3 is 0 Å². The molecule has 0 aromatic heterocycles. The number of rotatable bonds is 10. The van der Waals surface area contributed by atoms with Crippen molar-refractivity contribution in [1.82, 2.24) is 9.80 Å². The van der Waals surface area contributed by atoms with Crippen LogP contribution >= 0.6 is 0 Å². The molecular formula is C20H34N2O2. The van der Waals surface area contributed by atoms with Crippen LogP contribution in [0.1, 0.15) is 53.4 Å². The first-order valence-electron chi connectivity index (χ1n) is 9.41. The van der Waals surface area contributed by atoms with Crippen molar-refractivity contribution >= 4 is 11.9 Å². The van der Waals surface area contributed by atoms with Gasteiger partial charge in [-0.2, -0.15) is 0 Å². The van der Waals surface area contributed by atoms with Crippen molar-refractivity contribution in [1.29, 1.82) is 0 Å². The second kappa shape index (κ2) is 9.96. The summed E-state index contributed by atoms with van der Waals surface area (Å²) in [5, 5.41) is 0. The monoisotopic (exact) mass is 334 g/mol. The fourth-order valence-corrected chi connectivity index (χ4v) is 3.69. The van der Waals surface area contributed by atoms with Gasteiger partial charge in [-0.25, -0.2) is 9.59 Å². The molecule has 0 atom stereocenters. The van der Waals surface area contributed by atoms with E-state index < -0.39 is 0 Å². The zero-order valence-corrected chi connectivity index (χ0v) is 15.9. The van der Waals surface area contributed by atoms with E-state index in [4.69, 9.17) is 0 Å². The number of piperazine rings is 1. The Labute approximate surface area is 147 Å². The lowest BCUT2D eigenvalue weighted by Gasteiger charge is -2.42. The van der Waals surface area contributed by atoms with E-state index in [0.29, 0.717) is 0 Å². The summed E-state index contributed by atoms with van der Waals surface area (Å²) < 4.78 is 0. The highest BCUT2D eigenvalue weighted by molar-refractivity contribution is 5.47. The van der Waals surface area contributed by atoms with Gasteiger partial charge in [0.2, 0.25) is 0 Å². The van der Waals surface area contributed by atoms with Crippen LogP contribution in [-0.4, -0.2) is 61.0 Å². The maximum Gasteiger partial charge on any atom is 0.120 e. The molecule has 1 aliphatic heterocycles. The Hall–Kier alpha value is -1.18. The predicted octanol–water partition coefficient (Wildman–Crippen LogP) is 2.99. The van der Waals surface area contributed by atoms with Crippen LogP contribution in [0.15, 0.2) is 12.2 Å². The molecule has 0 aliphatic carbocycles. The Morgan fingerprint density at radius 2 is 1.00 bits per heavy atom. The first kappa shape index (κ1) is 20.9. The fourth-order valence-electron chi connectivity index (χ4n) is 3.69. The highest BCUT2D eigenvalue weighted by Gasteiger charge is 2.31. The summed E-state index contributed by atoms with van der Waals surface area (Å²) >= 11 is 0. The summed E-state index contributed by atoms with van der Waals surface area (Å²) in [6, 6.07) is 0. The van der Waals surface area contributed by atoms with E-state index in [1.165, 1.54) is 0 Å². The van der Waals surface area contributed by atoms with Crippen molar-refractivity contribution in [2.75, 3.05) is 39.3 Å². The summed E-state index contributed by atoms with van der Waals surface area (Å²) in [6.45, 7) is 14.5. The van der Waals surface area contributed by atoms with Gasteiger partial charge in [-0.3, -0.25) is 9.80 Å². The van der Waals surface area contributed by atoms with Crippen LogP contribution in [-0.2, 0) is 9.59 Å². The largest absolute Gasteiger partial charge is 0.300 e. The number of carbonyl (C=O) groups excluding carboxylic acids is 2. The molecule has 1 heterocycles. The Kier molecular flexibility index (Phi) is 8.66. The molecule has 1 rings (SSSR count). The third kappa shape index (κ3) is 5.43. The summed E-state index contributed by atoms with van der Waals surface area (Å²) in [6.07, 6.45) is 7.34. The second-order valence-corrected chi connectivity index (χ2v) is 7.22. The lowest BCUT2D eigenvalue weighted by atomic mass is 9.81. The molecule has 0 unspecified atom stereocenters. The molecule has 136 valence electrons. The van der Waals surface area contributed by atoms with E-state index >= 15 is 0 Å². The minimum Gasteiger partial charge on any atom is -0.300 e. The fraction of sp³-hybridized carbons (Fsp3) is 0.800. The Morgan fingerprint density at radius 3 is 1.21 bits per heavy atom. The van der Waals surface area contributed by atoms with Crippen molar-refractivity contribution in [2.24, 2.45) is 10.8 Å². The molecule has 4 nitrogen and oxygen atoms in total. The first-order valence-corrected chi connectivity index (χ1v) is 9.41. The van der Waals surface area contributed by atoms with Crippen molar-refractivity contribution in [3.8, 4) is 0 Å². The minimum absolute atomic E-state index is 0.0409. The van der Waals surface area contributed by atoms with Crippen LogP contribution in [0.4, 0.5) is 0 Å². The zero-order valence-electron chi connectivity index (χ0n) is 15.9. The molecular weight excluding hydrogens is 300 g/mol. The zero-order chi connectivity index (χ0) is 18.1. The van der Waals surface area contributed by atoms with E-state index in [1.54, 1.807) is 12.2 Å². The molecule has 0 bridgehead atoms. The van der Waals surface area contributed by atoms with Crippen LogP contribution < -0.4 is 0 Å². The van der Waals surface area contributed by atoms with E-state index in [9.17, 15) is 9.59 Å². The summed E-state index contributed by atoms with van der Waals surface area (Å²) in [5.41, 5.74) is -0.0818. The Balaban J connectivity index is 2.63. The topological polar surface area (TPSA) is 40.6 Å². The van der Waals surface area contributed by atoms with Crippen LogP contribution in [0.5, 0.6) is 0 Å². The van der Waals surface area contributed by atoms with Gasteiger partial charge in [0.15, 0.2) is 0 Å². The molecule has 0 aromatic carbocycles. The number of hydrogen-bond acceptors (Lipinski definition) is 4. The first-order chi connectivity index (χ1) is 11.5. The van der Waals surface area contributed by atoms with Crippen molar-refractivity contribution in [3.05, 3.63) is 12.2 Å².